The number of esters is 1. The van der Waals surface area contributed by atoms with Crippen molar-refractivity contribution in [2.24, 2.45) is 0 Å². The van der Waals surface area contributed by atoms with E-state index in [1.807, 2.05) is 0 Å². The van der Waals surface area contributed by atoms with Crippen molar-refractivity contribution in [2.75, 3.05) is 11.9 Å². The Hall–Kier alpha value is -2.41. The lowest BCUT2D eigenvalue weighted by Gasteiger charge is -2.46. The summed E-state index contributed by atoms with van der Waals surface area (Å²) in [6.45, 7) is 10.2. The molecule has 0 unspecified atom stereocenters. The van der Waals surface area contributed by atoms with Gasteiger partial charge in [-0.05, 0) is 59.6 Å². The fourth-order valence-corrected chi connectivity index (χ4v) is 3.83. The first-order chi connectivity index (χ1) is 12.5. The van der Waals surface area contributed by atoms with Gasteiger partial charge < -0.3 is 20.7 Å². The maximum atomic E-state index is 12.4. The van der Waals surface area contributed by atoms with Gasteiger partial charge in [-0.1, -0.05) is 12.1 Å². The fraction of sp³-hybridized carbons (Fsp3) is 0.550. The first-order valence-corrected chi connectivity index (χ1v) is 9.20. The van der Waals surface area contributed by atoms with Crippen molar-refractivity contribution >= 4 is 23.5 Å². The zero-order valence-electron chi connectivity index (χ0n) is 16.6. The Bertz CT molecular complexity index is 712. The van der Waals surface area contributed by atoms with E-state index in [0.29, 0.717) is 0 Å². The molecule has 7 nitrogen and oxygen atoms in total. The lowest BCUT2D eigenvalue weighted by molar-refractivity contribution is -0.137. The summed E-state index contributed by atoms with van der Waals surface area (Å²) in [5.74, 6) is -2.07. The van der Waals surface area contributed by atoms with Crippen LogP contribution in [0.2, 0.25) is 0 Å². The number of anilines is 1. The van der Waals surface area contributed by atoms with Crippen LogP contribution in [0.25, 0.3) is 0 Å². The van der Waals surface area contributed by atoms with Crippen LogP contribution in [0.4, 0.5) is 5.69 Å². The number of amides is 2. The molecule has 0 atom stereocenters. The van der Waals surface area contributed by atoms with Gasteiger partial charge >= 0.3 is 17.8 Å². The Morgan fingerprint density at radius 3 is 2.26 bits per heavy atom. The van der Waals surface area contributed by atoms with Crippen LogP contribution < -0.4 is 16.0 Å². The zero-order chi connectivity index (χ0) is 20.2. The molecule has 0 aliphatic carbocycles. The topological polar surface area (TPSA) is 96.5 Å². The van der Waals surface area contributed by atoms with Gasteiger partial charge in [0.15, 0.2) is 0 Å². The van der Waals surface area contributed by atoms with E-state index in [9.17, 15) is 14.4 Å². The van der Waals surface area contributed by atoms with Crippen molar-refractivity contribution < 1.29 is 19.1 Å². The molecule has 0 radical (unpaired) electrons. The summed E-state index contributed by atoms with van der Waals surface area (Å²) in [5.41, 5.74) is 0.172. The number of hydrogen-bond acceptors (Lipinski definition) is 5. The van der Waals surface area contributed by atoms with E-state index in [4.69, 9.17) is 4.74 Å². The van der Waals surface area contributed by atoms with Crippen LogP contribution in [0.1, 0.15) is 57.8 Å². The molecule has 27 heavy (non-hydrogen) atoms. The number of hydrogen-bond donors (Lipinski definition) is 3. The summed E-state index contributed by atoms with van der Waals surface area (Å²) in [7, 11) is 0. The second-order valence-electron chi connectivity index (χ2n) is 8.19. The van der Waals surface area contributed by atoms with Crippen molar-refractivity contribution in [2.45, 2.75) is 64.6 Å². The molecule has 1 fully saturated rings. The molecule has 0 saturated carbocycles. The summed E-state index contributed by atoms with van der Waals surface area (Å²) in [6.07, 6.45) is 1.43. The van der Waals surface area contributed by atoms with Gasteiger partial charge in [0.2, 0.25) is 0 Å². The zero-order valence-corrected chi connectivity index (χ0v) is 16.6. The summed E-state index contributed by atoms with van der Waals surface area (Å²) < 4.78 is 4.98. The number of ether oxygens (including phenoxy) is 1. The summed E-state index contributed by atoms with van der Waals surface area (Å²) in [4.78, 5) is 36.7. The predicted octanol–water partition coefficient (Wildman–Crippen LogP) is 2.23. The van der Waals surface area contributed by atoms with Crippen molar-refractivity contribution in [1.82, 2.24) is 10.6 Å². The van der Waals surface area contributed by atoms with Crippen LogP contribution in [0, 0.1) is 0 Å². The Morgan fingerprint density at radius 1 is 1.07 bits per heavy atom. The maximum absolute atomic E-state index is 12.4. The number of benzene rings is 1. The van der Waals surface area contributed by atoms with E-state index in [1.54, 1.807) is 31.2 Å². The molecule has 1 aromatic carbocycles. The molecule has 2 amide bonds. The molecule has 1 aliphatic rings. The number of carbonyl (C=O) groups is 3. The third-order valence-electron chi connectivity index (χ3n) is 4.40. The highest BCUT2D eigenvalue weighted by Crippen LogP contribution is 2.28. The first-order valence-electron chi connectivity index (χ1n) is 9.20. The molecular formula is C20H29N3O4. The average Bonchev–Trinajstić information content (AvgIpc) is 2.52. The van der Waals surface area contributed by atoms with Crippen LogP contribution in [0.15, 0.2) is 24.3 Å². The molecule has 3 N–H and O–H groups in total. The van der Waals surface area contributed by atoms with Gasteiger partial charge in [0.1, 0.15) is 0 Å². The minimum atomic E-state index is -0.805. The summed E-state index contributed by atoms with van der Waals surface area (Å²) in [5, 5.41) is 8.86. The van der Waals surface area contributed by atoms with Crippen molar-refractivity contribution in [3.63, 3.8) is 0 Å². The second kappa shape index (κ2) is 8.08. The average molecular weight is 375 g/mol. The van der Waals surface area contributed by atoms with Gasteiger partial charge in [0, 0.05) is 17.1 Å². The van der Waals surface area contributed by atoms with Crippen molar-refractivity contribution in [1.29, 1.82) is 0 Å². The van der Waals surface area contributed by atoms with Crippen LogP contribution >= 0.6 is 0 Å². The molecule has 1 heterocycles. The first kappa shape index (κ1) is 20.9. The lowest BCUT2D eigenvalue weighted by Crippen LogP contribution is -2.62. The third-order valence-corrected chi connectivity index (χ3v) is 4.40. The second-order valence-corrected chi connectivity index (χ2v) is 8.19. The molecule has 1 aromatic rings. The van der Waals surface area contributed by atoms with E-state index in [1.165, 1.54) is 0 Å². The number of para-hydroxylation sites is 1. The van der Waals surface area contributed by atoms with Gasteiger partial charge in [-0.3, -0.25) is 9.59 Å². The molecular weight excluding hydrogens is 346 g/mol. The molecule has 0 spiro atoms. The number of carbonyl (C=O) groups excluding carboxylic acids is 3. The van der Waals surface area contributed by atoms with Gasteiger partial charge in [-0.15, -0.1) is 0 Å². The Labute approximate surface area is 160 Å². The molecule has 148 valence electrons. The van der Waals surface area contributed by atoms with E-state index in [0.717, 1.165) is 12.8 Å². The lowest BCUT2D eigenvalue weighted by atomic mass is 9.79. The quantitative estimate of drug-likeness (QED) is 0.554. The van der Waals surface area contributed by atoms with Gasteiger partial charge in [-0.2, -0.15) is 0 Å². The van der Waals surface area contributed by atoms with Gasteiger partial charge in [0.05, 0.1) is 17.9 Å². The molecule has 1 saturated heterocycles. The summed E-state index contributed by atoms with van der Waals surface area (Å²) in [6, 6.07) is 6.34. The number of rotatable bonds is 4. The summed E-state index contributed by atoms with van der Waals surface area (Å²) >= 11 is 0. The van der Waals surface area contributed by atoms with Crippen LogP contribution in [0.5, 0.6) is 0 Å². The number of piperidine rings is 1. The van der Waals surface area contributed by atoms with E-state index >= 15 is 0 Å². The highest BCUT2D eigenvalue weighted by Gasteiger charge is 2.38. The highest BCUT2D eigenvalue weighted by molar-refractivity contribution is 6.40. The molecule has 7 heteroatoms. The molecule has 2 rings (SSSR count). The van der Waals surface area contributed by atoms with Gasteiger partial charge in [-0.25, -0.2) is 4.79 Å². The van der Waals surface area contributed by atoms with Gasteiger partial charge in [0.25, 0.3) is 0 Å². The van der Waals surface area contributed by atoms with Crippen LogP contribution in [-0.4, -0.2) is 41.5 Å². The monoisotopic (exact) mass is 375 g/mol. The fourth-order valence-electron chi connectivity index (χ4n) is 3.83. The standard InChI is InChI=1S/C20H29N3O4/c1-6-27-18(26)14-9-7-8-10-15(14)22-17(25)16(24)21-13-11-19(2,3)23-20(4,5)12-13/h7-10,13,23H,6,11-12H2,1-5H3,(H,21,24)(H,22,25). The Balaban J connectivity index is 2.05. The van der Waals surface area contributed by atoms with Crippen LogP contribution in [0.3, 0.4) is 0 Å². The minimum absolute atomic E-state index is 0.116. The highest BCUT2D eigenvalue weighted by atomic mass is 16.5. The molecule has 0 bridgehead atoms. The van der Waals surface area contributed by atoms with Crippen molar-refractivity contribution in [3.05, 3.63) is 29.8 Å². The number of nitrogens with one attached hydrogen (secondary N) is 3. The Kier molecular flexibility index (Phi) is 6.26. The predicted molar refractivity (Wildman–Crippen MR) is 103 cm³/mol. The SMILES string of the molecule is CCOC(=O)c1ccccc1NC(=O)C(=O)NC1CC(C)(C)NC(C)(C)C1. The van der Waals surface area contributed by atoms with Crippen LogP contribution in [-0.2, 0) is 14.3 Å². The van der Waals surface area contributed by atoms with E-state index in [-0.39, 0.29) is 35.0 Å². The largest absolute Gasteiger partial charge is 0.462 e. The van der Waals surface area contributed by atoms with E-state index in [2.05, 4.69) is 43.6 Å². The smallest absolute Gasteiger partial charge is 0.340 e. The normalized spacial score (nSPS) is 18.4. The van der Waals surface area contributed by atoms with E-state index < -0.39 is 17.8 Å². The molecule has 1 aliphatic heterocycles. The Morgan fingerprint density at radius 2 is 1.67 bits per heavy atom. The minimum Gasteiger partial charge on any atom is -0.462 e. The maximum Gasteiger partial charge on any atom is 0.340 e. The third kappa shape index (κ3) is 5.79. The van der Waals surface area contributed by atoms with Crippen molar-refractivity contribution in [3.8, 4) is 0 Å². The molecule has 0 aromatic heterocycles.